The second-order valence-corrected chi connectivity index (χ2v) is 4.94. The molecule has 1 nitrogen and oxygen atoms in total. The van der Waals surface area contributed by atoms with Gasteiger partial charge in [0.2, 0.25) is 0 Å². The van der Waals surface area contributed by atoms with Gasteiger partial charge in [-0.3, -0.25) is 0 Å². The highest BCUT2D eigenvalue weighted by atomic mass is 32.2. The van der Waals surface area contributed by atoms with Gasteiger partial charge < -0.3 is 4.74 Å². The van der Waals surface area contributed by atoms with Crippen molar-refractivity contribution in [2.45, 2.75) is 31.1 Å². The van der Waals surface area contributed by atoms with Gasteiger partial charge in [0.15, 0.2) is 0 Å². The average Bonchev–Trinajstić information content (AvgIpc) is 3.10. The maximum atomic E-state index is 5.83. The Labute approximate surface area is 96.2 Å². The number of rotatable bonds is 5. The third-order valence-corrected chi connectivity index (χ3v) is 3.57. The molecule has 0 amide bonds. The molecule has 1 saturated carbocycles. The molecule has 1 fully saturated rings. The Bertz CT molecular complexity index is 331. The molecule has 0 bridgehead atoms. The molecule has 0 aliphatic heterocycles. The second kappa shape index (κ2) is 4.93. The summed E-state index contributed by atoms with van der Waals surface area (Å²) in [4.78, 5) is 1.27. The normalized spacial score (nSPS) is 15.3. The first-order chi connectivity index (χ1) is 7.33. The molecular weight excluding hydrogens is 204 g/mol. The fraction of sp³-hybridized carbons (Fsp3) is 0.538. The summed E-state index contributed by atoms with van der Waals surface area (Å²) >= 11 is 1.77. The second-order valence-electron chi connectivity index (χ2n) is 4.09. The van der Waals surface area contributed by atoms with E-state index in [0.717, 1.165) is 24.7 Å². The lowest BCUT2D eigenvalue weighted by atomic mass is 10.2. The van der Waals surface area contributed by atoms with E-state index < -0.39 is 0 Å². The Hall–Kier alpha value is -0.630. The fourth-order valence-corrected chi connectivity index (χ4v) is 2.14. The quantitative estimate of drug-likeness (QED) is 0.702. The molecule has 0 unspecified atom stereocenters. The van der Waals surface area contributed by atoms with Crippen molar-refractivity contribution in [2.24, 2.45) is 5.92 Å². The molecule has 82 valence electrons. The van der Waals surface area contributed by atoms with Crippen molar-refractivity contribution in [1.29, 1.82) is 0 Å². The van der Waals surface area contributed by atoms with Gasteiger partial charge in [0.25, 0.3) is 0 Å². The van der Waals surface area contributed by atoms with E-state index in [1.807, 2.05) is 0 Å². The van der Waals surface area contributed by atoms with Crippen LogP contribution >= 0.6 is 11.8 Å². The highest BCUT2D eigenvalue weighted by Crippen LogP contribution is 2.33. The molecule has 0 atom stereocenters. The number of hydrogen-bond acceptors (Lipinski definition) is 2. The Morgan fingerprint density at radius 2 is 2.20 bits per heavy atom. The van der Waals surface area contributed by atoms with Gasteiger partial charge in [-0.1, -0.05) is 13.0 Å². The fourth-order valence-electron chi connectivity index (χ4n) is 1.54. The van der Waals surface area contributed by atoms with Gasteiger partial charge in [-0.25, -0.2) is 0 Å². The van der Waals surface area contributed by atoms with Crippen molar-refractivity contribution < 1.29 is 4.74 Å². The Morgan fingerprint density at radius 3 is 2.80 bits per heavy atom. The highest BCUT2D eigenvalue weighted by molar-refractivity contribution is 7.98. The summed E-state index contributed by atoms with van der Waals surface area (Å²) in [5.74, 6) is 1.89. The third kappa shape index (κ3) is 2.91. The first-order valence-corrected chi connectivity index (χ1v) is 6.85. The Morgan fingerprint density at radius 1 is 1.40 bits per heavy atom. The van der Waals surface area contributed by atoms with Gasteiger partial charge in [0.1, 0.15) is 5.75 Å². The molecule has 0 heterocycles. The number of benzene rings is 1. The minimum atomic E-state index is 0.825. The average molecular weight is 222 g/mol. The lowest BCUT2D eigenvalue weighted by Crippen LogP contribution is -2.00. The van der Waals surface area contributed by atoms with Gasteiger partial charge in [-0.2, -0.15) is 0 Å². The predicted octanol–water partition coefficient (Wildman–Crippen LogP) is 3.76. The van der Waals surface area contributed by atoms with E-state index in [-0.39, 0.29) is 0 Å². The molecule has 1 aromatic carbocycles. The zero-order valence-corrected chi connectivity index (χ0v) is 10.3. The molecule has 1 aliphatic carbocycles. The van der Waals surface area contributed by atoms with E-state index in [1.54, 1.807) is 11.8 Å². The van der Waals surface area contributed by atoms with Crippen molar-refractivity contribution in [3.05, 3.63) is 23.8 Å². The molecule has 15 heavy (non-hydrogen) atoms. The highest BCUT2D eigenvalue weighted by Gasteiger charge is 2.22. The molecule has 1 aliphatic rings. The first-order valence-electron chi connectivity index (χ1n) is 5.63. The summed E-state index contributed by atoms with van der Waals surface area (Å²) in [6, 6.07) is 6.53. The van der Waals surface area contributed by atoms with Crippen LogP contribution in [0.4, 0.5) is 0 Å². The van der Waals surface area contributed by atoms with E-state index in [1.165, 1.54) is 23.3 Å². The van der Waals surface area contributed by atoms with Crippen molar-refractivity contribution >= 4 is 11.8 Å². The van der Waals surface area contributed by atoms with Crippen LogP contribution in [-0.4, -0.2) is 12.9 Å². The molecule has 0 spiro atoms. The minimum absolute atomic E-state index is 0.825. The standard InChI is InChI=1S/C13H18OS/c1-3-10-6-7-12(13(8-10)15-2)14-9-11-4-5-11/h6-8,11H,3-5,9H2,1-2H3. The summed E-state index contributed by atoms with van der Waals surface area (Å²) < 4.78 is 5.83. The van der Waals surface area contributed by atoms with Crippen LogP contribution in [0, 0.1) is 5.92 Å². The molecule has 0 radical (unpaired) electrons. The smallest absolute Gasteiger partial charge is 0.132 e. The molecular formula is C13H18OS. The summed E-state index contributed by atoms with van der Waals surface area (Å²) in [6.07, 6.45) is 5.90. The van der Waals surface area contributed by atoms with E-state index in [9.17, 15) is 0 Å². The van der Waals surface area contributed by atoms with E-state index in [2.05, 4.69) is 31.4 Å². The number of hydrogen-bond donors (Lipinski definition) is 0. The SMILES string of the molecule is CCc1ccc(OCC2CC2)c(SC)c1. The van der Waals surface area contributed by atoms with Crippen LogP contribution in [0.15, 0.2) is 23.1 Å². The summed E-state index contributed by atoms with van der Waals surface area (Å²) in [5.41, 5.74) is 1.39. The van der Waals surface area contributed by atoms with Crippen LogP contribution in [-0.2, 0) is 6.42 Å². The monoisotopic (exact) mass is 222 g/mol. The molecule has 2 heteroatoms. The van der Waals surface area contributed by atoms with Gasteiger partial charge in [0.05, 0.1) is 6.61 Å². The van der Waals surface area contributed by atoms with Crippen LogP contribution in [0.2, 0.25) is 0 Å². The van der Waals surface area contributed by atoms with Crippen LogP contribution in [0.1, 0.15) is 25.3 Å². The van der Waals surface area contributed by atoms with Crippen LogP contribution in [0.5, 0.6) is 5.75 Å². The maximum absolute atomic E-state index is 5.83. The minimum Gasteiger partial charge on any atom is -0.492 e. The predicted molar refractivity (Wildman–Crippen MR) is 65.8 cm³/mol. The van der Waals surface area contributed by atoms with Crippen molar-refractivity contribution in [2.75, 3.05) is 12.9 Å². The largest absolute Gasteiger partial charge is 0.492 e. The van der Waals surface area contributed by atoms with Crippen LogP contribution < -0.4 is 4.74 Å². The topological polar surface area (TPSA) is 9.23 Å². The summed E-state index contributed by atoms with van der Waals surface area (Å²) in [6.45, 7) is 3.09. The van der Waals surface area contributed by atoms with Crippen molar-refractivity contribution in [1.82, 2.24) is 0 Å². The molecule has 1 aromatic rings. The Balaban J connectivity index is 2.06. The van der Waals surface area contributed by atoms with E-state index in [0.29, 0.717) is 0 Å². The summed E-state index contributed by atoms with van der Waals surface area (Å²) in [5, 5.41) is 0. The van der Waals surface area contributed by atoms with Gasteiger partial charge in [-0.15, -0.1) is 11.8 Å². The maximum Gasteiger partial charge on any atom is 0.132 e. The molecule has 0 N–H and O–H groups in total. The number of ether oxygens (including phenoxy) is 1. The van der Waals surface area contributed by atoms with Gasteiger partial charge >= 0.3 is 0 Å². The lowest BCUT2D eigenvalue weighted by Gasteiger charge is -2.10. The van der Waals surface area contributed by atoms with E-state index in [4.69, 9.17) is 4.74 Å². The Kier molecular flexibility index (Phi) is 3.57. The molecule has 0 aromatic heterocycles. The lowest BCUT2D eigenvalue weighted by molar-refractivity contribution is 0.293. The van der Waals surface area contributed by atoms with Gasteiger partial charge in [0, 0.05) is 4.90 Å². The van der Waals surface area contributed by atoms with Crippen LogP contribution in [0.3, 0.4) is 0 Å². The zero-order valence-electron chi connectivity index (χ0n) is 9.45. The summed E-state index contributed by atoms with van der Waals surface area (Å²) in [7, 11) is 0. The molecule has 0 saturated heterocycles. The zero-order chi connectivity index (χ0) is 10.7. The number of aryl methyl sites for hydroxylation is 1. The van der Waals surface area contributed by atoms with Crippen molar-refractivity contribution in [3.8, 4) is 5.75 Å². The van der Waals surface area contributed by atoms with Gasteiger partial charge in [-0.05, 0) is 49.1 Å². The molecule has 2 rings (SSSR count). The van der Waals surface area contributed by atoms with E-state index >= 15 is 0 Å². The first kappa shape index (κ1) is 10.9. The van der Waals surface area contributed by atoms with Crippen molar-refractivity contribution in [3.63, 3.8) is 0 Å². The number of thioether (sulfide) groups is 1. The van der Waals surface area contributed by atoms with Crippen LogP contribution in [0.25, 0.3) is 0 Å². The third-order valence-electron chi connectivity index (χ3n) is 2.81.